The number of aryl methyl sites for hydroxylation is 1. The molecule has 2 amide bonds. The van der Waals surface area contributed by atoms with E-state index < -0.39 is 11.9 Å². The molecular formula is C11H19N5O2. The lowest BCUT2D eigenvalue weighted by molar-refractivity contribution is -0.131. The van der Waals surface area contributed by atoms with Crippen LogP contribution in [0.4, 0.5) is 5.82 Å². The highest BCUT2D eigenvalue weighted by molar-refractivity contribution is 6.01. The number of aromatic amines is 1. The van der Waals surface area contributed by atoms with E-state index in [1.165, 1.54) is 4.90 Å². The van der Waals surface area contributed by atoms with Gasteiger partial charge in [-0.15, -0.1) is 0 Å². The molecule has 1 heterocycles. The van der Waals surface area contributed by atoms with Gasteiger partial charge >= 0.3 is 0 Å². The Morgan fingerprint density at radius 1 is 1.56 bits per heavy atom. The molecule has 1 unspecified atom stereocenters. The molecule has 0 aliphatic carbocycles. The number of nitrogens with two attached hydrogens (primary N) is 1. The largest absolute Gasteiger partial charge is 0.382 e. The van der Waals surface area contributed by atoms with E-state index in [1.807, 2.05) is 6.92 Å². The number of likely N-dealkylation sites (N-methyl/N-ethyl adjacent to an activating group) is 1. The summed E-state index contributed by atoms with van der Waals surface area (Å²) in [6.07, 6.45) is 0. The van der Waals surface area contributed by atoms with Crippen LogP contribution in [0.5, 0.6) is 0 Å². The van der Waals surface area contributed by atoms with E-state index >= 15 is 0 Å². The number of aromatic nitrogens is 2. The van der Waals surface area contributed by atoms with Crippen LogP contribution in [0.2, 0.25) is 0 Å². The summed E-state index contributed by atoms with van der Waals surface area (Å²) in [5.74, 6) is -0.414. The summed E-state index contributed by atoms with van der Waals surface area (Å²) >= 11 is 0. The smallest absolute Gasteiger partial charge is 0.257 e. The summed E-state index contributed by atoms with van der Waals surface area (Å²) in [7, 11) is 1.68. The van der Waals surface area contributed by atoms with Crippen molar-refractivity contribution in [2.45, 2.75) is 26.8 Å². The van der Waals surface area contributed by atoms with Gasteiger partial charge in [0.1, 0.15) is 11.6 Å². The van der Waals surface area contributed by atoms with Crippen LogP contribution in [0.15, 0.2) is 0 Å². The summed E-state index contributed by atoms with van der Waals surface area (Å²) in [5.41, 5.74) is 6.44. The predicted octanol–water partition coefficient (Wildman–Crippen LogP) is -0.103. The molecule has 1 aromatic heterocycles. The van der Waals surface area contributed by atoms with Gasteiger partial charge in [-0.05, 0) is 20.8 Å². The second kappa shape index (κ2) is 5.52. The minimum absolute atomic E-state index is 0.133. The number of nitrogen functional groups attached to an aromatic ring is 1. The van der Waals surface area contributed by atoms with Crippen LogP contribution in [0, 0.1) is 6.92 Å². The lowest BCUT2D eigenvalue weighted by Crippen LogP contribution is -2.45. The molecule has 7 nitrogen and oxygen atoms in total. The van der Waals surface area contributed by atoms with E-state index in [0.29, 0.717) is 12.2 Å². The van der Waals surface area contributed by atoms with Crippen LogP contribution in [-0.4, -0.2) is 46.5 Å². The van der Waals surface area contributed by atoms with Gasteiger partial charge in [0, 0.05) is 19.3 Å². The van der Waals surface area contributed by atoms with E-state index in [-0.39, 0.29) is 17.3 Å². The zero-order valence-corrected chi connectivity index (χ0v) is 11.1. The molecule has 18 heavy (non-hydrogen) atoms. The lowest BCUT2D eigenvalue weighted by atomic mass is 10.2. The topological polar surface area (TPSA) is 104 Å². The normalized spacial score (nSPS) is 12.0. The Labute approximate surface area is 106 Å². The highest BCUT2D eigenvalue weighted by atomic mass is 16.2. The molecule has 0 radical (unpaired) electrons. The minimum Gasteiger partial charge on any atom is -0.382 e. The van der Waals surface area contributed by atoms with Crippen LogP contribution in [0.3, 0.4) is 0 Å². The summed E-state index contributed by atoms with van der Waals surface area (Å²) in [5, 5.41) is 8.97. The predicted molar refractivity (Wildman–Crippen MR) is 68.0 cm³/mol. The Bertz CT molecular complexity index is 435. The first-order valence-electron chi connectivity index (χ1n) is 5.74. The first kappa shape index (κ1) is 14.0. The van der Waals surface area contributed by atoms with Gasteiger partial charge in [-0.25, -0.2) is 0 Å². The number of hydrogen-bond acceptors (Lipinski definition) is 4. The molecular weight excluding hydrogens is 234 g/mol. The quantitative estimate of drug-likeness (QED) is 0.696. The molecule has 0 aromatic carbocycles. The Kier molecular flexibility index (Phi) is 4.30. The third kappa shape index (κ3) is 2.79. The first-order valence-corrected chi connectivity index (χ1v) is 5.74. The van der Waals surface area contributed by atoms with Crippen LogP contribution < -0.4 is 11.1 Å². The van der Waals surface area contributed by atoms with Crippen molar-refractivity contribution < 1.29 is 9.59 Å². The third-order valence-corrected chi connectivity index (χ3v) is 2.77. The van der Waals surface area contributed by atoms with Crippen LogP contribution in [0.25, 0.3) is 0 Å². The number of carbonyl (C=O) groups is 2. The molecule has 1 atom stereocenters. The molecule has 1 aromatic rings. The van der Waals surface area contributed by atoms with Gasteiger partial charge in [0.15, 0.2) is 5.82 Å². The summed E-state index contributed by atoms with van der Waals surface area (Å²) in [6, 6.07) is -0.601. The molecule has 0 saturated carbocycles. The Morgan fingerprint density at radius 2 is 2.17 bits per heavy atom. The summed E-state index contributed by atoms with van der Waals surface area (Å²) < 4.78 is 0. The second-order valence-corrected chi connectivity index (χ2v) is 4.16. The van der Waals surface area contributed by atoms with Crippen molar-refractivity contribution in [3.63, 3.8) is 0 Å². The third-order valence-electron chi connectivity index (χ3n) is 2.77. The van der Waals surface area contributed by atoms with Crippen molar-refractivity contribution in [3.05, 3.63) is 11.3 Å². The van der Waals surface area contributed by atoms with Gasteiger partial charge in [-0.2, -0.15) is 5.10 Å². The zero-order valence-electron chi connectivity index (χ0n) is 11.1. The number of rotatable bonds is 4. The van der Waals surface area contributed by atoms with Gasteiger partial charge < -0.3 is 16.0 Å². The van der Waals surface area contributed by atoms with Crippen LogP contribution in [0.1, 0.15) is 29.9 Å². The summed E-state index contributed by atoms with van der Waals surface area (Å²) in [4.78, 5) is 25.3. The first-order chi connectivity index (χ1) is 8.38. The molecule has 0 bridgehead atoms. The number of H-pyrrole nitrogens is 1. The van der Waals surface area contributed by atoms with Crippen LogP contribution >= 0.6 is 0 Å². The maximum atomic E-state index is 12.0. The fourth-order valence-corrected chi connectivity index (χ4v) is 1.55. The van der Waals surface area contributed by atoms with Crippen molar-refractivity contribution in [2.75, 3.05) is 19.3 Å². The minimum atomic E-state index is -0.601. The van der Waals surface area contributed by atoms with Crippen molar-refractivity contribution in [1.82, 2.24) is 20.4 Å². The van der Waals surface area contributed by atoms with Gasteiger partial charge in [-0.3, -0.25) is 14.7 Å². The molecule has 7 heteroatoms. The Balaban J connectivity index is 2.74. The molecule has 0 spiro atoms. The van der Waals surface area contributed by atoms with Crippen molar-refractivity contribution >= 4 is 17.6 Å². The van der Waals surface area contributed by atoms with Gasteiger partial charge in [-0.1, -0.05) is 0 Å². The average Bonchev–Trinajstić information content (AvgIpc) is 2.66. The fourth-order valence-electron chi connectivity index (χ4n) is 1.55. The lowest BCUT2D eigenvalue weighted by Gasteiger charge is -2.20. The highest BCUT2D eigenvalue weighted by Gasteiger charge is 2.22. The molecule has 4 N–H and O–H groups in total. The van der Waals surface area contributed by atoms with E-state index in [4.69, 9.17) is 5.73 Å². The Hall–Kier alpha value is -2.05. The SMILES string of the molecule is CCN(C)C(=O)C(C)NC(=O)c1c(N)n[nH]c1C. The monoisotopic (exact) mass is 253 g/mol. The maximum absolute atomic E-state index is 12.0. The van der Waals surface area contributed by atoms with Crippen LogP contribution in [-0.2, 0) is 4.79 Å². The van der Waals surface area contributed by atoms with E-state index in [2.05, 4.69) is 15.5 Å². The highest BCUT2D eigenvalue weighted by Crippen LogP contribution is 2.12. The molecule has 0 saturated heterocycles. The number of carbonyl (C=O) groups excluding carboxylic acids is 2. The average molecular weight is 253 g/mol. The van der Waals surface area contributed by atoms with Crippen molar-refractivity contribution in [2.24, 2.45) is 0 Å². The van der Waals surface area contributed by atoms with E-state index in [0.717, 1.165) is 0 Å². The van der Waals surface area contributed by atoms with Gasteiger partial charge in [0.2, 0.25) is 5.91 Å². The number of hydrogen-bond donors (Lipinski definition) is 3. The Morgan fingerprint density at radius 3 is 2.61 bits per heavy atom. The van der Waals surface area contributed by atoms with Gasteiger partial charge in [0.05, 0.1) is 0 Å². The number of nitrogens with one attached hydrogen (secondary N) is 2. The number of nitrogens with zero attached hydrogens (tertiary/aromatic N) is 2. The maximum Gasteiger partial charge on any atom is 0.257 e. The fraction of sp³-hybridized carbons (Fsp3) is 0.545. The zero-order chi connectivity index (χ0) is 13.9. The molecule has 1 rings (SSSR count). The van der Waals surface area contributed by atoms with Crippen molar-refractivity contribution in [3.8, 4) is 0 Å². The summed E-state index contributed by atoms with van der Waals surface area (Å²) in [6.45, 7) is 5.79. The number of anilines is 1. The number of amides is 2. The molecule has 0 aliphatic rings. The molecule has 100 valence electrons. The molecule has 0 fully saturated rings. The second-order valence-electron chi connectivity index (χ2n) is 4.16. The van der Waals surface area contributed by atoms with Crippen molar-refractivity contribution in [1.29, 1.82) is 0 Å². The molecule has 0 aliphatic heterocycles. The van der Waals surface area contributed by atoms with E-state index in [9.17, 15) is 9.59 Å². The van der Waals surface area contributed by atoms with Gasteiger partial charge in [0.25, 0.3) is 5.91 Å². The standard InChI is InChI=1S/C11H19N5O2/c1-5-16(4)11(18)7(3)13-10(17)8-6(2)14-15-9(8)12/h7H,5H2,1-4H3,(H,13,17)(H3,12,14,15). The van der Waals surface area contributed by atoms with E-state index in [1.54, 1.807) is 20.9 Å².